The maximum atomic E-state index is 10.8. The minimum Gasteiger partial charge on any atom is -0.351 e. The Morgan fingerprint density at radius 2 is 2.17 bits per heavy atom. The number of carbonyl (C=O) groups is 1. The van der Waals surface area contributed by atoms with E-state index < -0.39 is 6.03 Å². The molecule has 0 spiro atoms. The van der Waals surface area contributed by atoms with Crippen LogP contribution in [0.4, 0.5) is 10.5 Å². The minimum absolute atomic E-state index is 0.539. The van der Waals surface area contributed by atoms with Crippen molar-refractivity contribution < 1.29 is 4.79 Å². The topological polar surface area (TPSA) is 60.1 Å². The molecule has 0 aliphatic rings. The second kappa shape index (κ2) is 5.40. The Bertz CT molecular complexity index is 545. The smallest absolute Gasteiger partial charge is 0.316 e. The lowest BCUT2D eigenvalue weighted by atomic mass is 10.2. The van der Waals surface area contributed by atoms with Gasteiger partial charge in [-0.2, -0.15) is 0 Å². The van der Waals surface area contributed by atoms with E-state index >= 15 is 0 Å². The van der Waals surface area contributed by atoms with Gasteiger partial charge in [-0.3, -0.25) is 0 Å². The van der Waals surface area contributed by atoms with E-state index in [0.29, 0.717) is 0 Å². The lowest BCUT2D eigenvalue weighted by molar-refractivity contribution is 0.259. The lowest BCUT2D eigenvalue weighted by Gasteiger charge is -2.09. The van der Waals surface area contributed by atoms with E-state index in [1.807, 2.05) is 30.3 Å². The van der Waals surface area contributed by atoms with E-state index in [1.54, 1.807) is 0 Å². The van der Waals surface area contributed by atoms with Crippen LogP contribution < -0.4 is 11.1 Å². The van der Waals surface area contributed by atoms with Crippen LogP contribution in [0.2, 0.25) is 0 Å². The molecule has 1 heterocycles. The summed E-state index contributed by atoms with van der Waals surface area (Å²) in [5, 5.41) is 2.58. The molecule has 0 saturated carbocycles. The van der Waals surface area contributed by atoms with Crippen molar-refractivity contribution >= 4 is 11.7 Å². The summed E-state index contributed by atoms with van der Waals surface area (Å²) in [6.45, 7) is 2.93. The van der Waals surface area contributed by atoms with E-state index in [2.05, 4.69) is 29.1 Å². The van der Waals surface area contributed by atoms with E-state index in [4.69, 9.17) is 5.73 Å². The summed E-state index contributed by atoms with van der Waals surface area (Å²) in [5.74, 6) is 0. The molecule has 2 amide bonds. The first kappa shape index (κ1) is 12.2. The number of urea groups is 1. The van der Waals surface area contributed by atoms with E-state index in [0.717, 1.165) is 24.2 Å². The first-order valence-electron chi connectivity index (χ1n) is 5.98. The van der Waals surface area contributed by atoms with Gasteiger partial charge in [-0.25, -0.2) is 4.79 Å². The van der Waals surface area contributed by atoms with Gasteiger partial charge in [0, 0.05) is 24.1 Å². The fourth-order valence-corrected chi connectivity index (χ4v) is 2.01. The van der Waals surface area contributed by atoms with Crippen molar-refractivity contribution in [1.82, 2.24) is 4.57 Å². The van der Waals surface area contributed by atoms with Crippen LogP contribution in [0.5, 0.6) is 0 Å². The summed E-state index contributed by atoms with van der Waals surface area (Å²) in [6.07, 6.45) is 3.07. The van der Waals surface area contributed by atoms with Crippen molar-refractivity contribution in [3.05, 3.63) is 53.9 Å². The zero-order chi connectivity index (χ0) is 13.0. The summed E-state index contributed by atoms with van der Waals surface area (Å²) < 4.78 is 2.20. The molecular weight excluding hydrogens is 226 g/mol. The number of hydrogen-bond acceptors (Lipinski definition) is 1. The van der Waals surface area contributed by atoms with Gasteiger partial charge in [-0.15, -0.1) is 0 Å². The molecule has 3 N–H and O–H groups in total. The van der Waals surface area contributed by atoms with Crippen molar-refractivity contribution in [1.29, 1.82) is 0 Å². The van der Waals surface area contributed by atoms with Crippen LogP contribution in [0, 0.1) is 0 Å². The third kappa shape index (κ3) is 2.91. The number of hydrogen-bond donors (Lipinski definition) is 2. The van der Waals surface area contributed by atoms with Crippen molar-refractivity contribution in [3.8, 4) is 0 Å². The number of primary amides is 1. The standard InChI is InChI=1S/C14H17N3O/c1-2-13-7-4-8-17(13)10-11-5-3-6-12(9-11)16-14(15)18/h3-9H,2,10H2,1H3,(H3,15,16,18). The predicted octanol–water partition coefficient (Wildman–Crippen LogP) is 2.59. The van der Waals surface area contributed by atoms with E-state index in [9.17, 15) is 4.79 Å². The number of aryl methyl sites for hydroxylation is 1. The number of nitrogens with zero attached hydrogens (tertiary/aromatic N) is 1. The molecule has 2 rings (SSSR count). The molecule has 1 aromatic heterocycles. The largest absolute Gasteiger partial charge is 0.351 e. The number of rotatable bonds is 4. The van der Waals surface area contributed by atoms with Gasteiger partial charge in [0.2, 0.25) is 0 Å². The zero-order valence-corrected chi connectivity index (χ0v) is 10.4. The fourth-order valence-electron chi connectivity index (χ4n) is 2.01. The van der Waals surface area contributed by atoms with Gasteiger partial charge < -0.3 is 15.6 Å². The maximum absolute atomic E-state index is 10.8. The summed E-state index contributed by atoms with van der Waals surface area (Å²) in [5.41, 5.74) is 8.25. The van der Waals surface area contributed by atoms with Gasteiger partial charge in [-0.05, 0) is 36.2 Å². The highest BCUT2D eigenvalue weighted by Crippen LogP contribution is 2.13. The Balaban J connectivity index is 2.16. The monoisotopic (exact) mass is 243 g/mol. The molecule has 0 radical (unpaired) electrons. The summed E-state index contributed by atoms with van der Waals surface area (Å²) in [7, 11) is 0. The highest BCUT2D eigenvalue weighted by atomic mass is 16.2. The third-order valence-corrected chi connectivity index (χ3v) is 2.83. The van der Waals surface area contributed by atoms with Crippen molar-refractivity contribution in [2.24, 2.45) is 5.73 Å². The van der Waals surface area contributed by atoms with Crippen LogP contribution >= 0.6 is 0 Å². The fraction of sp³-hybridized carbons (Fsp3) is 0.214. The molecule has 0 saturated heterocycles. The minimum atomic E-state index is -0.539. The van der Waals surface area contributed by atoms with Gasteiger partial charge in [0.15, 0.2) is 0 Å². The van der Waals surface area contributed by atoms with Crippen LogP contribution in [-0.4, -0.2) is 10.6 Å². The first-order valence-corrected chi connectivity index (χ1v) is 5.98. The number of nitrogens with one attached hydrogen (secondary N) is 1. The summed E-state index contributed by atoms with van der Waals surface area (Å²) in [4.78, 5) is 10.8. The van der Waals surface area contributed by atoms with Crippen LogP contribution in [0.25, 0.3) is 0 Å². The van der Waals surface area contributed by atoms with Crippen molar-refractivity contribution in [2.75, 3.05) is 5.32 Å². The second-order valence-electron chi connectivity index (χ2n) is 4.17. The summed E-state index contributed by atoms with van der Waals surface area (Å²) >= 11 is 0. The van der Waals surface area contributed by atoms with Crippen LogP contribution in [-0.2, 0) is 13.0 Å². The number of anilines is 1. The average molecular weight is 243 g/mol. The number of aromatic nitrogens is 1. The number of benzene rings is 1. The Hall–Kier alpha value is -2.23. The quantitative estimate of drug-likeness (QED) is 0.852. The number of nitrogens with two attached hydrogens (primary N) is 1. The van der Waals surface area contributed by atoms with Crippen LogP contribution in [0.15, 0.2) is 42.6 Å². The molecular formula is C14H17N3O. The van der Waals surface area contributed by atoms with Gasteiger partial charge in [0.25, 0.3) is 0 Å². The molecule has 0 atom stereocenters. The molecule has 0 bridgehead atoms. The SMILES string of the molecule is CCc1cccn1Cc1cccc(NC(N)=O)c1. The van der Waals surface area contributed by atoms with Gasteiger partial charge in [0.05, 0.1) is 0 Å². The molecule has 18 heavy (non-hydrogen) atoms. The Morgan fingerprint density at radius 3 is 2.89 bits per heavy atom. The Labute approximate surface area is 106 Å². The van der Waals surface area contributed by atoms with E-state index in [-0.39, 0.29) is 0 Å². The highest BCUT2D eigenvalue weighted by Gasteiger charge is 2.02. The molecule has 2 aromatic rings. The highest BCUT2D eigenvalue weighted by molar-refractivity contribution is 5.87. The summed E-state index contributed by atoms with van der Waals surface area (Å²) in [6, 6.07) is 11.3. The van der Waals surface area contributed by atoms with Crippen molar-refractivity contribution in [2.45, 2.75) is 19.9 Å². The molecule has 0 aliphatic heterocycles. The molecule has 4 nitrogen and oxygen atoms in total. The second-order valence-corrected chi connectivity index (χ2v) is 4.17. The number of carbonyl (C=O) groups excluding carboxylic acids is 1. The Morgan fingerprint density at radius 1 is 1.33 bits per heavy atom. The lowest BCUT2D eigenvalue weighted by Crippen LogP contribution is -2.19. The normalized spacial score (nSPS) is 10.3. The molecule has 94 valence electrons. The molecule has 0 fully saturated rings. The van der Waals surface area contributed by atoms with Gasteiger partial charge >= 0.3 is 6.03 Å². The molecule has 4 heteroatoms. The Kier molecular flexibility index (Phi) is 3.67. The third-order valence-electron chi connectivity index (χ3n) is 2.83. The van der Waals surface area contributed by atoms with E-state index in [1.165, 1.54) is 5.69 Å². The zero-order valence-electron chi connectivity index (χ0n) is 10.4. The maximum Gasteiger partial charge on any atom is 0.316 e. The van der Waals surface area contributed by atoms with Crippen LogP contribution in [0.3, 0.4) is 0 Å². The predicted molar refractivity (Wildman–Crippen MR) is 72.6 cm³/mol. The average Bonchev–Trinajstić information content (AvgIpc) is 2.76. The van der Waals surface area contributed by atoms with Gasteiger partial charge in [-0.1, -0.05) is 19.1 Å². The van der Waals surface area contributed by atoms with Gasteiger partial charge in [0.1, 0.15) is 0 Å². The molecule has 1 aromatic carbocycles. The molecule has 0 aliphatic carbocycles. The number of amides is 2. The molecule has 0 unspecified atom stereocenters. The first-order chi connectivity index (χ1) is 8.69. The van der Waals surface area contributed by atoms with Crippen LogP contribution in [0.1, 0.15) is 18.2 Å². The van der Waals surface area contributed by atoms with Crippen molar-refractivity contribution in [3.63, 3.8) is 0 Å².